The summed E-state index contributed by atoms with van der Waals surface area (Å²) in [5.74, 6) is 0.0227. The second kappa shape index (κ2) is 12.5. The molecule has 0 aliphatic carbocycles. The SMILES string of the molecule is CCCCCN(CCCCC)C[C@@H](C)NC(=O)[C@H](C)n1cc(Br)c(C)n1. The normalized spacial score (nSPS) is 13.8. The maximum Gasteiger partial charge on any atom is 0.244 e. The van der Waals surface area contributed by atoms with Crippen molar-refractivity contribution in [2.24, 2.45) is 0 Å². The lowest BCUT2D eigenvalue weighted by Crippen LogP contribution is -2.44. The van der Waals surface area contributed by atoms with Gasteiger partial charge in [0.2, 0.25) is 5.91 Å². The number of carbonyl (C=O) groups excluding carboxylic acids is 1. The number of nitrogens with one attached hydrogen (secondary N) is 1. The molecule has 1 amide bonds. The number of amides is 1. The molecule has 5 nitrogen and oxygen atoms in total. The number of hydrogen-bond acceptors (Lipinski definition) is 3. The lowest BCUT2D eigenvalue weighted by Gasteiger charge is -2.27. The zero-order chi connectivity index (χ0) is 19.5. The largest absolute Gasteiger partial charge is 0.351 e. The summed E-state index contributed by atoms with van der Waals surface area (Å²) in [6, 6.07) is -0.176. The van der Waals surface area contributed by atoms with Crippen LogP contribution in [0.2, 0.25) is 0 Å². The molecule has 0 aliphatic heterocycles. The Kier molecular flexibility index (Phi) is 11.1. The quantitative estimate of drug-likeness (QED) is 0.463. The van der Waals surface area contributed by atoms with Gasteiger partial charge in [0, 0.05) is 18.8 Å². The smallest absolute Gasteiger partial charge is 0.244 e. The molecule has 1 heterocycles. The van der Waals surface area contributed by atoms with Gasteiger partial charge < -0.3 is 10.2 Å². The summed E-state index contributed by atoms with van der Waals surface area (Å²) in [6.07, 6.45) is 9.37. The minimum Gasteiger partial charge on any atom is -0.351 e. The zero-order valence-electron chi connectivity index (χ0n) is 17.2. The van der Waals surface area contributed by atoms with Crippen LogP contribution in [0.15, 0.2) is 10.7 Å². The second-order valence-electron chi connectivity index (χ2n) is 7.34. The third kappa shape index (κ3) is 8.21. The van der Waals surface area contributed by atoms with E-state index in [1.165, 1.54) is 38.5 Å². The molecule has 26 heavy (non-hydrogen) atoms. The van der Waals surface area contributed by atoms with Crippen LogP contribution in [-0.4, -0.2) is 46.3 Å². The first-order valence-electron chi connectivity index (χ1n) is 10.1. The van der Waals surface area contributed by atoms with Crippen LogP contribution >= 0.6 is 15.9 Å². The minimum absolute atomic E-state index is 0.0227. The number of halogens is 1. The molecule has 0 aromatic carbocycles. The van der Waals surface area contributed by atoms with Gasteiger partial charge in [-0.2, -0.15) is 5.10 Å². The highest BCUT2D eigenvalue weighted by Gasteiger charge is 2.20. The molecule has 0 radical (unpaired) electrons. The van der Waals surface area contributed by atoms with Crippen LogP contribution in [0.5, 0.6) is 0 Å². The van der Waals surface area contributed by atoms with Crippen molar-refractivity contribution in [2.45, 2.75) is 85.2 Å². The van der Waals surface area contributed by atoms with E-state index in [1.807, 2.05) is 20.0 Å². The molecule has 0 fully saturated rings. The topological polar surface area (TPSA) is 50.2 Å². The Morgan fingerprint density at radius 1 is 1.19 bits per heavy atom. The van der Waals surface area contributed by atoms with Gasteiger partial charge in [0.1, 0.15) is 6.04 Å². The van der Waals surface area contributed by atoms with Gasteiger partial charge in [-0.05, 0) is 62.6 Å². The van der Waals surface area contributed by atoms with E-state index in [9.17, 15) is 4.79 Å². The van der Waals surface area contributed by atoms with E-state index < -0.39 is 0 Å². The van der Waals surface area contributed by atoms with Crippen molar-refractivity contribution in [2.75, 3.05) is 19.6 Å². The first-order valence-corrected chi connectivity index (χ1v) is 10.9. The highest BCUT2D eigenvalue weighted by Crippen LogP contribution is 2.16. The number of carbonyl (C=O) groups is 1. The Morgan fingerprint density at radius 3 is 2.23 bits per heavy atom. The van der Waals surface area contributed by atoms with Crippen molar-refractivity contribution < 1.29 is 4.79 Å². The van der Waals surface area contributed by atoms with Crippen molar-refractivity contribution in [1.82, 2.24) is 20.0 Å². The molecule has 2 atom stereocenters. The third-order valence-corrected chi connectivity index (χ3v) is 5.49. The summed E-state index contributed by atoms with van der Waals surface area (Å²) in [5, 5.41) is 7.56. The highest BCUT2D eigenvalue weighted by molar-refractivity contribution is 9.10. The molecule has 1 aromatic heterocycles. The van der Waals surface area contributed by atoms with E-state index in [-0.39, 0.29) is 18.0 Å². The molecular formula is C20H37BrN4O. The molecule has 1 aromatic rings. The Hall–Kier alpha value is -0.880. The van der Waals surface area contributed by atoms with Gasteiger partial charge >= 0.3 is 0 Å². The van der Waals surface area contributed by atoms with Gasteiger partial charge in [-0.15, -0.1) is 0 Å². The number of rotatable bonds is 13. The van der Waals surface area contributed by atoms with E-state index in [2.05, 4.69) is 52.0 Å². The minimum atomic E-state index is -0.309. The van der Waals surface area contributed by atoms with Gasteiger partial charge in [-0.3, -0.25) is 9.48 Å². The molecule has 0 spiro atoms. The summed E-state index contributed by atoms with van der Waals surface area (Å²) < 4.78 is 2.66. The van der Waals surface area contributed by atoms with Gasteiger partial charge in [0.15, 0.2) is 0 Å². The predicted octanol–water partition coefficient (Wildman–Crippen LogP) is 4.70. The maximum absolute atomic E-state index is 12.6. The van der Waals surface area contributed by atoms with Crippen LogP contribution in [0, 0.1) is 6.92 Å². The highest BCUT2D eigenvalue weighted by atomic mass is 79.9. The summed E-state index contributed by atoms with van der Waals surface area (Å²) in [7, 11) is 0. The van der Waals surface area contributed by atoms with Crippen molar-refractivity contribution in [3.63, 3.8) is 0 Å². The van der Waals surface area contributed by atoms with Gasteiger partial charge in [0.25, 0.3) is 0 Å². The van der Waals surface area contributed by atoms with Crippen LogP contribution in [0.3, 0.4) is 0 Å². The van der Waals surface area contributed by atoms with Crippen molar-refractivity contribution in [3.8, 4) is 0 Å². The first-order chi connectivity index (χ1) is 12.4. The fraction of sp³-hybridized carbons (Fsp3) is 0.800. The Labute approximate surface area is 168 Å². The fourth-order valence-corrected chi connectivity index (χ4v) is 3.33. The zero-order valence-corrected chi connectivity index (χ0v) is 18.8. The standard InChI is InChI=1S/C20H37BrN4O/c1-6-8-10-12-24(13-11-9-7-2)14-16(3)22-20(26)18(5)25-15-19(21)17(4)23-25/h15-16,18H,6-14H2,1-5H3,(H,22,26)/t16-,18+/m1/s1. The third-order valence-electron chi connectivity index (χ3n) is 4.71. The molecule has 1 N–H and O–H groups in total. The molecule has 0 bridgehead atoms. The molecule has 0 saturated heterocycles. The monoisotopic (exact) mass is 428 g/mol. The van der Waals surface area contributed by atoms with Gasteiger partial charge in [-0.1, -0.05) is 39.5 Å². The summed E-state index contributed by atoms with van der Waals surface area (Å²) in [6.45, 7) is 13.5. The maximum atomic E-state index is 12.6. The van der Waals surface area contributed by atoms with E-state index in [0.717, 1.165) is 29.8 Å². The summed E-state index contributed by atoms with van der Waals surface area (Å²) in [5.41, 5.74) is 0.899. The van der Waals surface area contributed by atoms with Crippen LogP contribution in [-0.2, 0) is 4.79 Å². The lowest BCUT2D eigenvalue weighted by atomic mass is 10.2. The van der Waals surface area contributed by atoms with E-state index in [4.69, 9.17) is 0 Å². The van der Waals surface area contributed by atoms with Crippen molar-refractivity contribution >= 4 is 21.8 Å². The van der Waals surface area contributed by atoms with Crippen LogP contribution in [0.4, 0.5) is 0 Å². The molecule has 0 saturated carbocycles. The molecule has 0 unspecified atom stereocenters. The van der Waals surface area contributed by atoms with E-state index >= 15 is 0 Å². The number of nitrogens with zero attached hydrogens (tertiary/aromatic N) is 3. The number of hydrogen-bond donors (Lipinski definition) is 1. The van der Waals surface area contributed by atoms with Crippen molar-refractivity contribution in [3.05, 3.63) is 16.4 Å². The van der Waals surface area contributed by atoms with Crippen molar-refractivity contribution in [1.29, 1.82) is 0 Å². The summed E-state index contributed by atoms with van der Waals surface area (Å²) in [4.78, 5) is 15.1. The van der Waals surface area contributed by atoms with Gasteiger partial charge in [-0.25, -0.2) is 0 Å². The summed E-state index contributed by atoms with van der Waals surface area (Å²) >= 11 is 3.46. The number of unbranched alkanes of at least 4 members (excludes halogenated alkanes) is 4. The first kappa shape index (κ1) is 23.2. The van der Waals surface area contributed by atoms with Gasteiger partial charge in [0.05, 0.1) is 10.2 Å². The van der Waals surface area contributed by atoms with E-state index in [0.29, 0.717) is 0 Å². The van der Waals surface area contributed by atoms with Crippen LogP contribution in [0.25, 0.3) is 0 Å². The average Bonchev–Trinajstić information content (AvgIpc) is 2.93. The fourth-order valence-electron chi connectivity index (χ4n) is 3.04. The van der Waals surface area contributed by atoms with E-state index in [1.54, 1.807) is 4.68 Å². The lowest BCUT2D eigenvalue weighted by molar-refractivity contribution is -0.124. The van der Waals surface area contributed by atoms with Crippen LogP contribution in [0.1, 0.15) is 78.0 Å². The predicted molar refractivity (Wildman–Crippen MR) is 112 cm³/mol. The number of aryl methyl sites for hydroxylation is 1. The molecule has 6 heteroatoms. The Balaban J connectivity index is 2.52. The molecule has 1 rings (SSSR count). The van der Waals surface area contributed by atoms with Crippen LogP contribution < -0.4 is 5.32 Å². The average molecular weight is 429 g/mol. The molecular weight excluding hydrogens is 392 g/mol. The number of aromatic nitrogens is 2. The Morgan fingerprint density at radius 2 is 1.77 bits per heavy atom. The molecule has 0 aliphatic rings. The second-order valence-corrected chi connectivity index (χ2v) is 8.20. The Bertz CT molecular complexity index is 502. The molecule has 150 valence electrons.